The molecule has 0 unspecified atom stereocenters. The lowest BCUT2D eigenvalue weighted by atomic mass is 9.93. The van der Waals surface area contributed by atoms with Crippen LogP contribution in [0.2, 0.25) is 0 Å². The zero-order chi connectivity index (χ0) is 15.8. The summed E-state index contributed by atoms with van der Waals surface area (Å²) < 4.78 is 0. The molecule has 0 spiro atoms. The largest absolute Gasteiger partial charge is 0.340 e. The molecule has 2 aliphatic heterocycles. The van der Waals surface area contributed by atoms with Crippen molar-refractivity contribution in [3.05, 3.63) is 12.2 Å². The molecule has 0 aliphatic carbocycles. The Morgan fingerprint density at radius 3 is 2.05 bits per heavy atom. The predicted octanol–water partition coefficient (Wildman–Crippen LogP) is -0.455. The molecule has 2 rings (SSSR count). The Labute approximate surface area is 120 Å². The van der Waals surface area contributed by atoms with Crippen LogP contribution >= 0.6 is 0 Å². The molecule has 2 aliphatic rings. The molecule has 4 amide bonds. The minimum absolute atomic E-state index is 0.000438. The Hall–Kier alpha value is -2.51. The van der Waals surface area contributed by atoms with Gasteiger partial charge in [0.15, 0.2) is 0 Å². The van der Waals surface area contributed by atoms with Gasteiger partial charge in [0.2, 0.25) is 0 Å². The van der Waals surface area contributed by atoms with Crippen LogP contribution in [-0.4, -0.2) is 46.1 Å². The lowest BCUT2D eigenvalue weighted by Gasteiger charge is -2.27. The SMILES string of the molecule is CC(C)(CN1C(=O)C=CC1=O)C(=O)ON1C(=O)CCC1=O. The quantitative estimate of drug-likeness (QED) is 0.651. The van der Waals surface area contributed by atoms with Gasteiger partial charge >= 0.3 is 5.97 Å². The third kappa shape index (κ3) is 2.83. The lowest BCUT2D eigenvalue weighted by Crippen LogP contribution is -2.45. The Kier molecular flexibility index (Phi) is 3.63. The molecule has 8 heteroatoms. The summed E-state index contributed by atoms with van der Waals surface area (Å²) in [4.78, 5) is 63.5. The first kappa shape index (κ1) is 14.9. The van der Waals surface area contributed by atoms with E-state index in [-0.39, 0.29) is 19.4 Å². The van der Waals surface area contributed by atoms with Gasteiger partial charge in [-0.05, 0) is 13.8 Å². The van der Waals surface area contributed by atoms with E-state index >= 15 is 0 Å². The Morgan fingerprint density at radius 1 is 1.10 bits per heavy atom. The first-order chi connectivity index (χ1) is 9.72. The zero-order valence-corrected chi connectivity index (χ0v) is 11.6. The third-order valence-corrected chi connectivity index (χ3v) is 3.19. The molecular weight excluding hydrogens is 280 g/mol. The Bertz CT molecular complexity index is 543. The van der Waals surface area contributed by atoms with Gasteiger partial charge in [-0.15, -0.1) is 5.06 Å². The highest BCUT2D eigenvalue weighted by atomic mass is 16.7. The summed E-state index contributed by atoms with van der Waals surface area (Å²) in [6, 6.07) is 0. The predicted molar refractivity (Wildman–Crippen MR) is 66.8 cm³/mol. The molecule has 0 aromatic rings. The number of rotatable bonds is 4. The molecule has 0 N–H and O–H groups in total. The van der Waals surface area contributed by atoms with E-state index in [9.17, 15) is 24.0 Å². The van der Waals surface area contributed by atoms with Crippen molar-refractivity contribution >= 4 is 29.6 Å². The van der Waals surface area contributed by atoms with Crippen LogP contribution in [0.15, 0.2) is 12.2 Å². The summed E-state index contributed by atoms with van der Waals surface area (Å²) in [6.07, 6.45) is 2.22. The Balaban J connectivity index is 2.03. The molecular formula is C13H14N2O6. The molecule has 0 radical (unpaired) electrons. The molecule has 112 valence electrons. The van der Waals surface area contributed by atoms with Crippen molar-refractivity contribution in [1.29, 1.82) is 0 Å². The van der Waals surface area contributed by atoms with Gasteiger partial charge in [-0.1, -0.05) is 0 Å². The second kappa shape index (κ2) is 5.12. The van der Waals surface area contributed by atoms with Crippen LogP contribution in [0.3, 0.4) is 0 Å². The molecule has 21 heavy (non-hydrogen) atoms. The third-order valence-electron chi connectivity index (χ3n) is 3.19. The van der Waals surface area contributed by atoms with Crippen molar-refractivity contribution in [3.8, 4) is 0 Å². The summed E-state index contributed by atoms with van der Waals surface area (Å²) in [7, 11) is 0. The van der Waals surface area contributed by atoms with Crippen LogP contribution in [-0.2, 0) is 28.8 Å². The number of amides is 4. The fourth-order valence-corrected chi connectivity index (χ4v) is 1.91. The summed E-state index contributed by atoms with van der Waals surface area (Å²) in [5, 5.41) is 0.440. The molecule has 8 nitrogen and oxygen atoms in total. The molecule has 1 fully saturated rings. The van der Waals surface area contributed by atoms with Crippen LogP contribution in [0.25, 0.3) is 0 Å². The van der Waals surface area contributed by atoms with Crippen LogP contribution in [0.5, 0.6) is 0 Å². The van der Waals surface area contributed by atoms with Gasteiger partial charge in [-0.3, -0.25) is 24.1 Å². The average Bonchev–Trinajstić information content (AvgIpc) is 2.88. The van der Waals surface area contributed by atoms with Crippen molar-refractivity contribution in [2.24, 2.45) is 5.41 Å². The smallest absolute Gasteiger partial charge is 0.330 e. The minimum atomic E-state index is -1.25. The first-order valence-electron chi connectivity index (χ1n) is 6.34. The average molecular weight is 294 g/mol. The highest BCUT2D eigenvalue weighted by Gasteiger charge is 2.41. The maximum atomic E-state index is 12.1. The van der Waals surface area contributed by atoms with E-state index in [0.717, 1.165) is 17.1 Å². The highest BCUT2D eigenvalue weighted by Crippen LogP contribution is 2.23. The van der Waals surface area contributed by atoms with Crippen molar-refractivity contribution < 1.29 is 28.8 Å². The van der Waals surface area contributed by atoms with Crippen LogP contribution < -0.4 is 0 Å². The minimum Gasteiger partial charge on any atom is -0.330 e. The molecule has 0 aromatic carbocycles. The van der Waals surface area contributed by atoms with Crippen molar-refractivity contribution in [3.63, 3.8) is 0 Å². The van der Waals surface area contributed by atoms with Crippen molar-refractivity contribution in [2.75, 3.05) is 6.54 Å². The number of carbonyl (C=O) groups is 5. The van der Waals surface area contributed by atoms with Crippen LogP contribution in [0.4, 0.5) is 0 Å². The fraction of sp³-hybridized carbons (Fsp3) is 0.462. The molecule has 0 aromatic heterocycles. The van der Waals surface area contributed by atoms with Gasteiger partial charge < -0.3 is 4.84 Å². The van der Waals surface area contributed by atoms with E-state index in [1.807, 2.05) is 0 Å². The van der Waals surface area contributed by atoms with E-state index in [0.29, 0.717) is 5.06 Å². The summed E-state index contributed by atoms with van der Waals surface area (Å²) >= 11 is 0. The monoisotopic (exact) mass is 294 g/mol. The number of carbonyl (C=O) groups excluding carboxylic acids is 5. The molecule has 0 atom stereocenters. The molecule has 0 bridgehead atoms. The number of hydroxylamine groups is 2. The molecule has 1 saturated heterocycles. The van der Waals surface area contributed by atoms with E-state index in [1.54, 1.807) is 0 Å². The van der Waals surface area contributed by atoms with Crippen LogP contribution in [0, 0.1) is 5.41 Å². The number of hydrogen-bond donors (Lipinski definition) is 0. The summed E-state index contributed by atoms with van der Waals surface area (Å²) in [5.41, 5.74) is -1.25. The molecule has 2 heterocycles. The van der Waals surface area contributed by atoms with Crippen LogP contribution in [0.1, 0.15) is 26.7 Å². The first-order valence-corrected chi connectivity index (χ1v) is 6.34. The van der Waals surface area contributed by atoms with Gasteiger partial charge in [0.25, 0.3) is 23.6 Å². The number of hydrogen-bond acceptors (Lipinski definition) is 6. The van der Waals surface area contributed by atoms with E-state index in [1.165, 1.54) is 13.8 Å². The number of nitrogens with zero attached hydrogens (tertiary/aromatic N) is 2. The second-order valence-corrected chi connectivity index (χ2v) is 5.44. The summed E-state index contributed by atoms with van der Waals surface area (Å²) in [5.74, 6) is -3.07. The standard InChI is InChI=1S/C13H14N2O6/c1-13(2,7-14-8(16)3-4-9(14)17)12(20)21-15-10(18)5-6-11(15)19/h3-4H,5-7H2,1-2H3. The Morgan fingerprint density at radius 2 is 1.57 bits per heavy atom. The normalized spacial score (nSPS) is 19.0. The number of imide groups is 2. The van der Waals surface area contributed by atoms with E-state index < -0.39 is 35.0 Å². The van der Waals surface area contributed by atoms with E-state index in [4.69, 9.17) is 4.84 Å². The maximum Gasteiger partial charge on any atom is 0.340 e. The van der Waals surface area contributed by atoms with Gasteiger partial charge in [0.1, 0.15) is 0 Å². The highest BCUT2D eigenvalue weighted by molar-refractivity contribution is 6.13. The lowest BCUT2D eigenvalue weighted by molar-refractivity contribution is -0.204. The summed E-state index contributed by atoms with van der Waals surface area (Å²) in [6.45, 7) is 2.71. The van der Waals surface area contributed by atoms with Gasteiger partial charge in [-0.2, -0.15) is 0 Å². The zero-order valence-electron chi connectivity index (χ0n) is 11.6. The topological polar surface area (TPSA) is 101 Å². The van der Waals surface area contributed by atoms with Gasteiger partial charge in [0.05, 0.1) is 5.41 Å². The molecule has 0 saturated carbocycles. The van der Waals surface area contributed by atoms with Crippen molar-refractivity contribution in [2.45, 2.75) is 26.7 Å². The van der Waals surface area contributed by atoms with Crippen molar-refractivity contribution in [1.82, 2.24) is 9.96 Å². The maximum absolute atomic E-state index is 12.1. The second-order valence-electron chi connectivity index (χ2n) is 5.44. The van der Waals surface area contributed by atoms with E-state index in [2.05, 4.69) is 0 Å². The van der Waals surface area contributed by atoms with Gasteiger partial charge in [-0.25, -0.2) is 4.79 Å². The fourth-order valence-electron chi connectivity index (χ4n) is 1.91. The van der Waals surface area contributed by atoms with Gasteiger partial charge in [0, 0.05) is 31.5 Å².